The lowest BCUT2D eigenvalue weighted by molar-refractivity contribution is -0.137. The topological polar surface area (TPSA) is 52.3 Å². The van der Waals surface area contributed by atoms with Crippen molar-refractivity contribution in [1.29, 1.82) is 0 Å². The van der Waals surface area contributed by atoms with Gasteiger partial charge in [0, 0.05) is 17.2 Å². The van der Waals surface area contributed by atoms with Crippen molar-refractivity contribution in [3.05, 3.63) is 78.4 Å². The summed E-state index contributed by atoms with van der Waals surface area (Å²) in [5, 5.41) is 3.84. The summed E-state index contributed by atoms with van der Waals surface area (Å²) >= 11 is 0. The molecule has 0 spiro atoms. The third kappa shape index (κ3) is 4.08. The largest absolute Gasteiger partial charge is 0.458 e. The first-order valence-corrected chi connectivity index (χ1v) is 7.92. The van der Waals surface area contributed by atoms with Crippen LogP contribution in [0.25, 0.3) is 22.6 Å². The Bertz CT molecular complexity index is 976. The van der Waals surface area contributed by atoms with Crippen LogP contribution in [0.2, 0.25) is 0 Å². The highest BCUT2D eigenvalue weighted by molar-refractivity contribution is 5.96. The van der Waals surface area contributed by atoms with E-state index >= 15 is 0 Å². The van der Waals surface area contributed by atoms with Gasteiger partial charge in [-0.3, -0.25) is 0 Å². The van der Waals surface area contributed by atoms with Crippen molar-refractivity contribution in [2.75, 3.05) is 6.61 Å². The number of nitrogens with zero attached hydrogens (tertiary/aromatic N) is 1. The van der Waals surface area contributed by atoms with E-state index in [0.717, 1.165) is 12.1 Å². The van der Waals surface area contributed by atoms with Crippen LogP contribution in [0, 0.1) is 0 Å². The number of halogens is 3. The summed E-state index contributed by atoms with van der Waals surface area (Å²) in [5.41, 5.74) is 0.387. The molecule has 0 N–H and O–H groups in total. The first kappa shape index (κ1) is 18.4. The van der Waals surface area contributed by atoms with Crippen molar-refractivity contribution in [3.8, 4) is 22.6 Å². The van der Waals surface area contributed by atoms with E-state index in [1.165, 1.54) is 24.3 Å². The minimum atomic E-state index is -4.45. The van der Waals surface area contributed by atoms with E-state index in [1.807, 2.05) is 0 Å². The van der Waals surface area contributed by atoms with E-state index in [-0.39, 0.29) is 29.2 Å². The van der Waals surface area contributed by atoms with Crippen LogP contribution in [0.3, 0.4) is 0 Å². The summed E-state index contributed by atoms with van der Waals surface area (Å²) in [6.07, 6.45) is -3.01. The molecule has 0 saturated carbocycles. The van der Waals surface area contributed by atoms with Gasteiger partial charge in [-0.05, 0) is 18.2 Å². The maximum absolute atomic E-state index is 12.9. The van der Waals surface area contributed by atoms with Gasteiger partial charge < -0.3 is 9.26 Å². The Balaban J connectivity index is 1.96. The Morgan fingerprint density at radius 3 is 2.67 bits per heavy atom. The highest BCUT2D eigenvalue weighted by Crippen LogP contribution is 2.33. The van der Waals surface area contributed by atoms with Crippen molar-refractivity contribution in [2.24, 2.45) is 0 Å². The minimum Gasteiger partial charge on any atom is -0.458 e. The van der Waals surface area contributed by atoms with E-state index < -0.39 is 17.7 Å². The van der Waals surface area contributed by atoms with Crippen molar-refractivity contribution >= 4 is 5.97 Å². The molecule has 1 aromatic heterocycles. The third-order valence-electron chi connectivity index (χ3n) is 3.74. The summed E-state index contributed by atoms with van der Waals surface area (Å²) in [6.45, 7) is 3.54. The fourth-order valence-corrected chi connectivity index (χ4v) is 2.48. The zero-order valence-electron chi connectivity index (χ0n) is 14.0. The maximum Gasteiger partial charge on any atom is 0.416 e. The molecule has 0 radical (unpaired) electrons. The third-order valence-corrected chi connectivity index (χ3v) is 3.74. The summed E-state index contributed by atoms with van der Waals surface area (Å²) in [5.74, 6) is -0.323. The maximum atomic E-state index is 12.9. The Hall–Kier alpha value is -3.35. The first-order valence-electron chi connectivity index (χ1n) is 7.92. The van der Waals surface area contributed by atoms with Crippen LogP contribution in [-0.2, 0) is 10.9 Å². The predicted octanol–water partition coefficient (Wildman–Crippen LogP) is 5.37. The fourth-order valence-electron chi connectivity index (χ4n) is 2.48. The molecule has 0 saturated heterocycles. The molecule has 138 valence electrons. The quantitative estimate of drug-likeness (QED) is 0.446. The van der Waals surface area contributed by atoms with E-state index in [1.54, 1.807) is 24.3 Å². The number of rotatable bonds is 5. The molecule has 3 rings (SSSR count). The van der Waals surface area contributed by atoms with E-state index in [0.29, 0.717) is 5.56 Å². The van der Waals surface area contributed by atoms with Crippen molar-refractivity contribution in [3.63, 3.8) is 0 Å². The van der Waals surface area contributed by atoms with E-state index in [2.05, 4.69) is 11.7 Å². The molecule has 0 bridgehead atoms. The molecule has 7 heteroatoms. The highest BCUT2D eigenvalue weighted by atomic mass is 19.4. The lowest BCUT2D eigenvalue weighted by Crippen LogP contribution is -2.06. The second-order valence-corrected chi connectivity index (χ2v) is 5.59. The standard InChI is InChI=1S/C20H14F3NO3/c1-2-10-26-19(25)16-9-4-3-8-15(16)18-12-17(24-27-18)13-6-5-7-14(11-13)20(21,22)23/h2-9,11-12H,1,10H2. The smallest absolute Gasteiger partial charge is 0.416 e. The van der Waals surface area contributed by atoms with Gasteiger partial charge in [-0.15, -0.1) is 0 Å². The van der Waals surface area contributed by atoms with Gasteiger partial charge in [0.15, 0.2) is 5.76 Å². The van der Waals surface area contributed by atoms with Gasteiger partial charge in [-0.2, -0.15) is 13.2 Å². The van der Waals surface area contributed by atoms with Crippen LogP contribution in [0.4, 0.5) is 13.2 Å². The van der Waals surface area contributed by atoms with Crippen LogP contribution in [0.15, 0.2) is 71.8 Å². The number of hydrogen-bond acceptors (Lipinski definition) is 4. The van der Waals surface area contributed by atoms with E-state index in [4.69, 9.17) is 9.26 Å². The normalized spacial score (nSPS) is 11.2. The monoisotopic (exact) mass is 373 g/mol. The average molecular weight is 373 g/mol. The molecule has 27 heavy (non-hydrogen) atoms. The van der Waals surface area contributed by atoms with Gasteiger partial charge in [0.1, 0.15) is 12.3 Å². The summed E-state index contributed by atoms with van der Waals surface area (Å²) in [4.78, 5) is 12.2. The number of ether oxygens (including phenoxy) is 1. The molecule has 2 aromatic carbocycles. The SMILES string of the molecule is C=CCOC(=O)c1ccccc1-c1cc(-c2cccc(C(F)(F)F)c2)no1. The number of hydrogen-bond donors (Lipinski definition) is 0. The number of esters is 1. The fraction of sp³-hybridized carbons (Fsp3) is 0.100. The lowest BCUT2D eigenvalue weighted by atomic mass is 10.0. The molecule has 0 aliphatic rings. The predicted molar refractivity (Wildman–Crippen MR) is 92.9 cm³/mol. The first-order chi connectivity index (χ1) is 12.9. The average Bonchev–Trinajstić information content (AvgIpc) is 3.15. The number of carbonyl (C=O) groups excluding carboxylic acids is 1. The zero-order chi connectivity index (χ0) is 19.4. The van der Waals surface area contributed by atoms with E-state index in [9.17, 15) is 18.0 Å². The molecule has 4 nitrogen and oxygen atoms in total. The Morgan fingerprint density at radius 1 is 1.15 bits per heavy atom. The number of alkyl halides is 3. The Kier molecular flexibility index (Phi) is 5.12. The van der Waals surface area contributed by atoms with Crippen LogP contribution in [-0.4, -0.2) is 17.7 Å². The molecule has 0 fully saturated rings. The van der Waals surface area contributed by atoms with Crippen molar-refractivity contribution < 1.29 is 27.2 Å². The van der Waals surface area contributed by atoms with Gasteiger partial charge >= 0.3 is 12.1 Å². The zero-order valence-corrected chi connectivity index (χ0v) is 14.0. The van der Waals surface area contributed by atoms with Crippen LogP contribution < -0.4 is 0 Å². The van der Waals surface area contributed by atoms with Gasteiger partial charge in [-0.1, -0.05) is 48.1 Å². The molecular formula is C20H14F3NO3. The van der Waals surface area contributed by atoms with Gasteiger partial charge in [0.05, 0.1) is 11.1 Å². The molecule has 0 amide bonds. The summed E-state index contributed by atoms with van der Waals surface area (Å²) in [7, 11) is 0. The van der Waals surface area contributed by atoms with Gasteiger partial charge in [0.25, 0.3) is 0 Å². The van der Waals surface area contributed by atoms with Crippen LogP contribution in [0.5, 0.6) is 0 Å². The number of carbonyl (C=O) groups is 1. The Morgan fingerprint density at radius 2 is 1.93 bits per heavy atom. The van der Waals surface area contributed by atoms with Crippen molar-refractivity contribution in [2.45, 2.75) is 6.18 Å². The number of aromatic nitrogens is 1. The second kappa shape index (κ2) is 7.49. The molecular weight excluding hydrogens is 359 g/mol. The van der Waals surface area contributed by atoms with Crippen LogP contribution in [0.1, 0.15) is 15.9 Å². The van der Waals surface area contributed by atoms with Gasteiger partial charge in [0.2, 0.25) is 0 Å². The molecule has 0 aliphatic heterocycles. The molecule has 0 aliphatic carbocycles. The molecule has 0 atom stereocenters. The van der Waals surface area contributed by atoms with Crippen molar-refractivity contribution in [1.82, 2.24) is 5.16 Å². The lowest BCUT2D eigenvalue weighted by Gasteiger charge is -2.07. The highest BCUT2D eigenvalue weighted by Gasteiger charge is 2.30. The summed E-state index contributed by atoms with van der Waals surface area (Å²) < 4.78 is 49.0. The Labute approximate surface area is 152 Å². The number of benzene rings is 2. The van der Waals surface area contributed by atoms with Gasteiger partial charge in [-0.25, -0.2) is 4.79 Å². The summed E-state index contributed by atoms with van der Waals surface area (Å²) in [6, 6.07) is 12.8. The van der Waals surface area contributed by atoms with Crippen LogP contribution >= 0.6 is 0 Å². The molecule has 3 aromatic rings. The second-order valence-electron chi connectivity index (χ2n) is 5.59. The molecule has 1 heterocycles. The molecule has 0 unspecified atom stereocenters. The minimum absolute atomic E-state index is 0.0546.